The maximum Gasteiger partial charge on any atom is 0.417 e. The number of carbonyl (C=O) groups is 1. The van der Waals surface area contributed by atoms with Crippen LogP contribution in [0.15, 0.2) is 48.7 Å². The fourth-order valence-electron chi connectivity index (χ4n) is 4.45. The molecular weight excluding hydrogens is 417 g/mol. The van der Waals surface area contributed by atoms with E-state index in [1.54, 1.807) is 31.4 Å². The van der Waals surface area contributed by atoms with Crippen molar-refractivity contribution < 1.29 is 18.0 Å². The van der Waals surface area contributed by atoms with Crippen LogP contribution in [0.25, 0.3) is 10.9 Å². The standard InChI is InChI=1S/C24H23F3N4O/c1-31(18-8-5-15(14-28)21(13-18)24(25,26)27)17-9-6-16(7-10-17)30-23(32)20-3-2-4-22-19(20)11-12-29-22/h2-5,8,11-13,16-17,29H,6-7,9-10H2,1H3,(H,30,32)/t16-,17+. The van der Waals surface area contributed by atoms with Gasteiger partial charge in [0.15, 0.2) is 0 Å². The van der Waals surface area contributed by atoms with Crippen LogP contribution < -0.4 is 10.2 Å². The molecule has 1 amide bonds. The average molecular weight is 440 g/mol. The third-order valence-electron chi connectivity index (χ3n) is 6.26. The van der Waals surface area contributed by atoms with Crippen LogP contribution in [0.3, 0.4) is 0 Å². The minimum atomic E-state index is -4.58. The van der Waals surface area contributed by atoms with Crippen LogP contribution in [0.5, 0.6) is 0 Å². The van der Waals surface area contributed by atoms with E-state index in [1.807, 2.05) is 23.1 Å². The Kier molecular flexibility index (Phi) is 5.83. The number of aromatic nitrogens is 1. The number of alkyl halides is 3. The Morgan fingerprint density at radius 2 is 1.91 bits per heavy atom. The van der Waals surface area contributed by atoms with Gasteiger partial charge in [0.25, 0.3) is 5.91 Å². The summed E-state index contributed by atoms with van der Waals surface area (Å²) < 4.78 is 39.9. The Bertz CT molecular complexity index is 1170. The molecule has 166 valence electrons. The largest absolute Gasteiger partial charge is 0.417 e. The van der Waals surface area contributed by atoms with Gasteiger partial charge >= 0.3 is 6.18 Å². The van der Waals surface area contributed by atoms with E-state index in [0.717, 1.165) is 42.7 Å². The van der Waals surface area contributed by atoms with Crippen LogP contribution in [-0.2, 0) is 6.18 Å². The van der Waals surface area contributed by atoms with Crippen molar-refractivity contribution in [2.45, 2.75) is 43.9 Å². The molecule has 1 aliphatic rings. The summed E-state index contributed by atoms with van der Waals surface area (Å²) in [5.74, 6) is -0.117. The van der Waals surface area contributed by atoms with Gasteiger partial charge in [-0.2, -0.15) is 18.4 Å². The van der Waals surface area contributed by atoms with Crippen LogP contribution in [0.4, 0.5) is 18.9 Å². The number of anilines is 1. The number of nitrogens with one attached hydrogen (secondary N) is 2. The number of aromatic amines is 1. The molecule has 3 aromatic rings. The fraction of sp³-hybridized carbons (Fsp3) is 0.333. The van der Waals surface area contributed by atoms with Crippen molar-refractivity contribution in [1.29, 1.82) is 5.26 Å². The van der Waals surface area contributed by atoms with Gasteiger partial charge in [0, 0.05) is 47.5 Å². The second kappa shape index (κ2) is 8.58. The van der Waals surface area contributed by atoms with Gasteiger partial charge in [-0.1, -0.05) is 6.07 Å². The third kappa shape index (κ3) is 4.28. The molecule has 5 nitrogen and oxygen atoms in total. The first-order valence-electron chi connectivity index (χ1n) is 10.5. The van der Waals surface area contributed by atoms with E-state index in [2.05, 4.69) is 10.3 Å². The van der Waals surface area contributed by atoms with Gasteiger partial charge in [-0.25, -0.2) is 0 Å². The molecular formula is C24H23F3N4O. The SMILES string of the molecule is CN(c1ccc(C#N)c(C(F)(F)F)c1)[C@H]1CC[C@@H](NC(=O)c2cccc3[nH]ccc23)CC1. The molecule has 1 heterocycles. The molecule has 0 bridgehead atoms. The molecule has 1 saturated carbocycles. The highest BCUT2D eigenvalue weighted by Gasteiger charge is 2.35. The Hall–Kier alpha value is -3.47. The maximum absolute atomic E-state index is 13.3. The Balaban J connectivity index is 1.40. The Morgan fingerprint density at radius 3 is 2.59 bits per heavy atom. The van der Waals surface area contributed by atoms with E-state index in [9.17, 15) is 18.0 Å². The summed E-state index contributed by atoms with van der Waals surface area (Å²) in [5, 5.41) is 13.0. The van der Waals surface area contributed by atoms with Gasteiger partial charge in [0.1, 0.15) is 0 Å². The predicted octanol–water partition coefficient (Wildman–Crippen LogP) is 5.24. The summed E-state index contributed by atoms with van der Waals surface area (Å²) in [4.78, 5) is 17.7. The third-order valence-corrected chi connectivity index (χ3v) is 6.26. The van der Waals surface area contributed by atoms with Gasteiger partial charge in [0.05, 0.1) is 17.2 Å². The van der Waals surface area contributed by atoms with E-state index in [-0.39, 0.29) is 23.6 Å². The monoisotopic (exact) mass is 440 g/mol. The van der Waals surface area contributed by atoms with E-state index in [4.69, 9.17) is 5.26 Å². The normalized spacial score (nSPS) is 18.8. The second-order valence-corrected chi connectivity index (χ2v) is 8.17. The molecule has 0 atom stereocenters. The number of nitrogens with zero attached hydrogens (tertiary/aromatic N) is 2. The summed E-state index contributed by atoms with van der Waals surface area (Å²) in [6, 6.07) is 13.0. The maximum atomic E-state index is 13.3. The van der Waals surface area contributed by atoms with Gasteiger partial charge in [-0.05, 0) is 62.1 Å². The fourth-order valence-corrected chi connectivity index (χ4v) is 4.45. The second-order valence-electron chi connectivity index (χ2n) is 8.17. The molecule has 0 aliphatic heterocycles. The first-order valence-corrected chi connectivity index (χ1v) is 10.5. The lowest BCUT2D eigenvalue weighted by Crippen LogP contribution is -2.43. The van der Waals surface area contributed by atoms with Crippen LogP contribution in [0, 0.1) is 11.3 Å². The zero-order chi connectivity index (χ0) is 22.9. The minimum Gasteiger partial charge on any atom is -0.372 e. The number of hydrogen-bond acceptors (Lipinski definition) is 3. The van der Waals surface area contributed by atoms with Crippen molar-refractivity contribution in [2.24, 2.45) is 0 Å². The lowest BCUT2D eigenvalue weighted by Gasteiger charge is -2.36. The number of amides is 1. The van der Waals surface area contributed by atoms with Gasteiger partial charge < -0.3 is 15.2 Å². The summed E-state index contributed by atoms with van der Waals surface area (Å²) in [6.07, 6.45) is 0.203. The summed E-state index contributed by atoms with van der Waals surface area (Å²) >= 11 is 0. The van der Waals surface area contributed by atoms with Gasteiger partial charge in [-0.15, -0.1) is 0 Å². The molecule has 1 fully saturated rings. The smallest absolute Gasteiger partial charge is 0.372 e. The van der Waals surface area contributed by atoms with Crippen LogP contribution >= 0.6 is 0 Å². The first-order chi connectivity index (χ1) is 15.3. The number of carbonyl (C=O) groups excluding carboxylic acids is 1. The van der Waals surface area contributed by atoms with E-state index in [0.29, 0.717) is 11.3 Å². The molecule has 0 radical (unpaired) electrons. The minimum absolute atomic E-state index is 0.0213. The highest BCUT2D eigenvalue weighted by molar-refractivity contribution is 6.06. The molecule has 1 aliphatic carbocycles. The number of hydrogen-bond donors (Lipinski definition) is 2. The molecule has 2 aromatic carbocycles. The predicted molar refractivity (Wildman–Crippen MR) is 116 cm³/mol. The summed E-state index contributed by atoms with van der Waals surface area (Å²) in [5.41, 5.74) is 0.676. The summed E-state index contributed by atoms with van der Waals surface area (Å²) in [6.45, 7) is 0. The molecule has 1 aromatic heterocycles. The lowest BCUT2D eigenvalue weighted by atomic mass is 9.89. The lowest BCUT2D eigenvalue weighted by molar-refractivity contribution is -0.137. The zero-order valence-corrected chi connectivity index (χ0v) is 17.5. The number of H-pyrrole nitrogens is 1. The summed E-state index contributed by atoms with van der Waals surface area (Å²) in [7, 11) is 1.78. The molecule has 4 rings (SSSR count). The van der Waals surface area contributed by atoms with Crippen LogP contribution in [0.2, 0.25) is 0 Å². The van der Waals surface area contributed by atoms with E-state index >= 15 is 0 Å². The van der Waals surface area contributed by atoms with Gasteiger partial charge in [0.2, 0.25) is 0 Å². The number of fused-ring (bicyclic) bond motifs is 1. The number of benzene rings is 2. The number of rotatable bonds is 4. The average Bonchev–Trinajstić information content (AvgIpc) is 3.27. The topological polar surface area (TPSA) is 71.9 Å². The Labute approximate surface area is 183 Å². The van der Waals surface area contributed by atoms with Crippen LogP contribution in [0.1, 0.15) is 47.2 Å². The number of halogens is 3. The van der Waals surface area contributed by atoms with E-state index in [1.165, 1.54) is 6.07 Å². The van der Waals surface area contributed by atoms with E-state index < -0.39 is 11.7 Å². The first kappa shape index (κ1) is 21.8. The van der Waals surface area contributed by atoms with Crippen molar-refractivity contribution in [3.63, 3.8) is 0 Å². The molecule has 0 spiro atoms. The van der Waals surface area contributed by atoms with Crippen molar-refractivity contribution in [2.75, 3.05) is 11.9 Å². The van der Waals surface area contributed by atoms with Crippen LogP contribution in [-0.4, -0.2) is 30.0 Å². The zero-order valence-electron chi connectivity index (χ0n) is 17.5. The quantitative estimate of drug-likeness (QED) is 0.583. The van der Waals surface area contributed by atoms with Crippen molar-refractivity contribution in [3.05, 3.63) is 65.4 Å². The van der Waals surface area contributed by atoms with Crippen molar-refractivity contribution >= 4 is 22.5 Å². The molecule has 0 unspecified atom stereocenters. The van der Waals surface area contributed by atoms with Gasteiger partial charge in [-0.3, -0.25) is 4.79 Å². The molecule has 32 heavy (non-hydrogen) atoms. The van der Waals surface area contributed by atoms with Crippen molar-refractivity contribution in [1.82, 2.24) is 10.3 Å². The highest BCUT2D eigenvalue weighted by Crippen LogP contribution is 2.35. The highest BCUT2D eigenvalue weighted by atomic mass is 19.4. The number of nitriles is 1. The molecule has 8 heteroatoms. The molecule has 2 N–H and O–H groups in total. The molecule has 0 saturated heterocycles. The Morgan fingerprint density at radius 1 is 1.16 bits per heavy atom. The van der Waals surface area contributed by atoms with Crippen molar-refractivity contribution in [3.8, 4) is 6.07 Å².